The first-order chi connectivity index (χ1) is 19.2. The minimum atomic E-state index is -0.549. The van der Waals surface area contributed by atoms with Gasteiger partial charge in [-0.05, 0) is 19.8 Å². The summed E-state index contributed by atoms with van der Waals surface area (Å²) in [4.78, 5) is 0. The largest absolute Gasteiger partial charge is 0.393 e. The molecule has 3 nitrogen and oxygen atoms in total. The smallest absolute Gasteiger partial charge is 0.112 e. The van der Waals surface area contributed by atoms with Crippen LogP contribution in [0.1, 0.15) is 201 Å². The Morgan fingerprint density at radius 1 is 0.410 bits per heavy atom. The third-order valence-corrected chi connectivity index (χ3v) is 8.33. The highest BCUT2D eigenvalue weighted by molar-refractivity contribution is 4.73. The van der Waals surface area contributed by atoms with Crippen molar-refractivity contribution in [2.24, 2.45) is 0 Å². The summed E-state index contributed by atoms with van der Waals surface area (Å²) in [6.45, 7) is 8.62. The van der Waals surface area contributed by atoms with Gasteiger partial charge in [0.25, 0.3) is 0 Å². The van der Waals surface area contributed by atoms with Crippen molar-refractivity contribution >= 4 is 0 Å². The van der Waals surface area contributed by atoms with E-state index < -0.39 is 5.60 Å². The topological polar surface area (TPSA) is 38.7 Å². The van der Waals surface area contributed by atoms with E-state index >= 15 is 0 Å². The van der Waals surface area contributed by atoms with Gasteiger partial charge in [0.1, 0.15) is 5.60 Å². The first-order valence-electron chi connectivity index (χ1n) is 18.0. The van der Waals surface area contributed by atoms with Crippen molar-refractivity contribution in [1.82, 2.24) is 0 Å². The van der Waals surface area contributed by atoms with Crippen LogP contribution in [0.15, 0.2) is 0 Å². The Kier molecular flexibility index (Phi) is 32.3. The van der Waals surface area contributed by atoms with Crippen LogP contribution in [0.4, 0.5) is 0 Å². The minimum absolute atomic E-state index is 0.0321. The molecule has 0 aromatic carbocycles. The molecule has 1 atom stereocenters. The fraction of sp³-hybridized carbons (Fsp3) is 1.00. The first kappa shape index (κ1) is 38.9. The Hall–Kier alpha value is -0.120. The highest BCUT2D eigenvalue weighted by atomic mass is 16.5. The molecule has 1 unspecified atom stereocenters. The average molecular weight is 555 g/mol. The van der Waals surface area contributed by atoms with E-state index in [0.29, 0.717) is 6.61 Å². The molecule has 0 saturated carbocycles. The van der Waals surface area contributed by atoms with Gasteiger partial charge in [-0.3, -0.25) is 0 Å². The lowest BCUT2D eigenvalue weighted by atomic mass is 10.0. The van der Waals surface area contributed by atoms with E-state index in [1.807, 2.05) is 6.92 Å². The second-order valence-corrected chi connectivity index (χ2v) is 12.7. The summed E-state index contributed by atoms with van der Waals surface area (Å²) < 4.78 is 11.9. The molecule has 0 spiro atoms. The molecule has 0 aliphatic rings. The quantitative estimate of drug-likeness (QED) is 0.0804. The molecule has 0 rings (SSSR count). The molecule has 0 aliphatic heterocycles. The predicted molar refractivity (Wildman–Crippen MR) is 173 cm³/mol. The van der Waals surface area contributed by atoms with E-state index in [1.54, 1.807) is 0 Å². The molecule has 236 valence electrons. The van der Waals surface area contributed by atoms with Crippen molar-refractivity contribution in [3.63, 3.8) is 0 Å². The van der Waals surface area contributed by atoms with Gasteiger partial charge >= 0.3 is 0 Å². The number of ether oxygens (including phenoxy) is 2. The lowest BCUT2D eigenvalue weighted by molar-refractivity contribution is -0.113. The van der Waals surface area contributed by atoms with Crippen LogP contribution in [0.5, 0.6) is 0 Å². The van der Waals surface area contributed by atoms with Gasteiger partial charge in [0.2, 0.25) is 0 Å². The lowest BCUT2D eigenvalue weighted by Gasteiger charge is -2.27. The van der Waals surface area contributed by atoms with Crippen LogP contribution in [-0.4, -0.2) is 37.1 Å². The summed E-state index contributed by atoms with van der Waals surface area (Å²) in [7, 11) is 0. The Bertz CT molecular complexity index is 441. The molecule has 0 bridgehead atoms. The van der Waals surface area contributed by atoms with Crippen molar-refractivity contribution in [3.05, 3.63) is 0 Å². The fourth-order valence-electron chi connectivity index (χ4n) is 5.43. The van der Waals surface area contributed by atoms with Crippen molar-refractivity contribution in [2.75, 3.05) is 26.4 Å². The van der Waals surface area contributed by atoms with Crippen LogP contribution in [0.25, 0.3) is 0 Å². The van der Waals surface area contributed by atoms with E-state index in [0.717, 1.165) is 26.1 Å². The van der Waals surface area contributed by atoms with E-state index in [1.165, 1.54) is 167 Å². The second-order valence-electron chi connectivity index (χ2n) is 12.7. The van der Waals surface area contributed by atoms with Crippen molar-refractivity contribution < 1.29 is 14.6 Å². The number of aliphatic hydroxyl groups excluding tert-OH is 1. The maximum Gasteiger partial charge on any atom is 0.112 e. The van der Waals surface area contributed by atoms with Gasteiger partial charge < -0.3 is 14.6 Å². The fourth-order valence-corrected chi connectivity index (χ4v) is 5.43. The monoisotopic (exact) mass is 555 g/mol. The number of unbranched alkanes of at least 4 members (excludes halogenated alkanes) is 26. The van der Waals surface area contributed by atoms with Crippen LogP contribution in [0, 0.1) is 0 Å². The summed E-state index contributed by atoms with van der Waals surface area (Å²) >= 11 is 0. The number of rotatable bonds is 34. The minimum Gasteiger partial charge on any atom is -0.393 e. The highest BCUT2D eigenvalue weighted by Gasteiger charge is 2.24. The Morgan fingerprint density at radius 3 is 1.00 bits per heavy atom. The molecule has 0 saturated heterocycles. The molecule has 1 N–H and O–H groups in total. The third-order valence-electron chi connectivity index (χ3n) is 8.33. The summed E-state index contributed by atoms with van der Waals surface area (Å²) in [5, 5.41) is 9.82. The normalized spacial score (nSPS) is 13.2. The van der Waals surface area contributed by atoms with E-state index in [-0.39, 0.29) is 6.61 Å². The number of aliphatic hydroxyl groups is 1. The summed E-state index contributed by atoms with van der Waals surface area (Å²) in [6, 6.07) is 0. The second kappa shape index (κ2) is 32.4. The number of hydrogen-bond acceptors (Lipinski definition) is 3. The van der Waals surface area contributed by atoms with Gasteiger partial charge in [0.05, 0.1) is 13.2 Å². The molecular formula is C36H74O3. The molecule has 39 heavy (non-hydrogen) atoms. The Morgan fingerprint density at radius 2 is 0.692 bits per heavy atom. The molecule has 0 aromatic rings. The summed E-state index contributed by atoms with van der Waals surface area (Å²) in [5.74, 6) is 0. The van der Waals surface area contributed by atoms with Gasteiger partial charge in [0, 0.05) is 13.2 Å². The molecular weight excluding hydrogens is 480 g/mol. The van der Waals surface area contributed by atoms with Gasteiger partial charge in [-0.2, -0.15) is 0 Å². The molecule has 0 fully saturated rings. The van der Waals surface area contributed by atoms with Crippen LogP contribution in [0.3, 0.4) is 0 Å². The van der Waals surface area contributed by atoms with Gasteiger partial charge in [-0.15, -0.1) is 0 Å². The van der Waals surface area contributed by atoms with Crippen LogP contribution in [0.2, 0.25) is 0 Å². The van der Waals surface area contributed by atoms with Crippen molar-refractivity contribution in [1.29, 1.82) is 0 Å². The van der Waals surface area contributed by atoms with Crippen LogP contribution >= 0.6 is 0 Å². The standard InChI is InChI=1S/C36H74O3/c1-4-6-8-10-12-14-16-18-20-22-24-26-28-30-32-38-35-36(3,34-37)39-33-31-29-27-25-23-21-19-17-15-13-11-9-7-5-2/h37H,4-35H2,1-3H3. The number of hydrogen-bond donors (Lipinski definition) is 1. The maximum absolute atomic E-state index is 9.82. The maximum atomic E-state index is 9.82. The van der Waals surface area contributed by atoms with Crippen molar-refractivity contribution in [2.45, 2.75) is 206 Å². The summed E-state index contributed by atoms with van der Waals surface area (Å²) in [5.41, 5.74) is -0.549. The van der Waals surface area contributed by atoms with Gasteiger partial charge in [0.15, 0.2) is 0 Å². The predicted octanol–water partition coefficient (Wildman–Crippen LogP) is 11.7. The van der Waals surface area contributed by atoms with Crippen LogP contribution in [-0.2, 0) is 9.47 Å². The van der Waals surface area contributed by atoms with Crippen molar-refractivity contribution in [3.8, 4) is 0 Å². The van der Waals surface area contributed by atoms with E-state index in [4.69, 9.17) is 9.47 Å². The molecule has 0 heterocycles. The van der Waals surface area contributed by atoms with Gasteiger partial charge in [-0.1, -0.05) is 181 Å². The molecule has 0 amide bonds. The zero-order valence-corrected chi connectivity index (χ0v) is 27.4. The average Bonchev–Trinajstić information content (AvgIpc) is 2.95. The zero-order valence-electron chi connectivity index (χ0n) is 27.4. The molecule has 3 heteroatoms. The Balaban J connectivity index is 3.39. The summed E-state index contributed by atoms with van der Waals surface area (Å²) in [6.07, 6.45) is 38.4. The third kappa shape index (κ3) is 30.7. The highest BCUT2D eigenvalue weighted by Crippen LogP contribution is 2.16. The zero-order chi connectivity index (χ0) is 28.5. The SMILES string of the molecule is CCCCCCCCCCCCCCCCOCC(C)(CO)OCCCCCCCCCCCCCCCC. The van der Waals surface area contributed by atoms with Crippen LogP contribution < -0.4 is 0 Å². The van der Waals surface area contributed by atoms with E-state index in [2.05, 4.69) is 13.8 Å². The molecule has 0 aliphatic carbocycles. The van der Waals surface area contributed by atoms with E-state index in [9.17, 15) is 5.11 Å². The molecule has 0 radical (unpaired) electrons. The Labute approximate surface area is 247 Å². The molecule has 0 aromatic heterocycles. The first-order valence-corrected chi connectivity index (χ1v) is 18.0. The lowest BCUT2D eigenvalue weighted by Crippen LogP contribution is -2.39. The van der Waals surface area contributed by atoms with Gasteiger partial charge in [-0.25, -0.2) is 0 Å².